The third-order valence-electron chi connectivity index (χ3n) is 2.99. The summed E-state index contributed by atoms with van der Waals surface area (Å²) in [6.07, 6.45) is 0.486. The molecule has 120 valence electrons. The van der Waals surface area contributed by atoms with Crippen LogP contribution in [-0.4, -0.2) is 27.0 Å². The van der Waals surface area contributed by atoms with Crippen molar-refractivity contribution >= 4 is 23.8 Å². The van der Waals surface area contributed by atoms with Gasteiger partial charge in [-0.15, -0.1) is 4.68 Å². The van der Waals surface area contributed by atoms with Crippen molar-refractivity contribution in [3.8, 4) is 0 Å². The average Bonchev–Trinajstić information content (AvgIpc) is 2.46. The third kappa shape index (κ3) is 3.72. The molecule has 2 N–H and O–H groups in total. The second kappa shape index (κ2) is 6.57. The second-order valence-electron chi connectivity index (χ2n) is 4.63. The summed E-state index contributed by atoms with van der Waals surface area (Å²) in [6.45, 7) is 1.42. The Morgan fingerprint density at radius 3 is 2.83 bits per heavy atom. The maximum absolute atomic E-state index is 13.2. The maximum Gasteiger partial charge on any atom is 0.349 e. The fourth-order valence-electron chi connectivity index (χ4n) is 1.87. The van der Waals surface area contributed by atoms with E-state index in [1.807, 2.05) is 0 Å². The normalized spacial score (nSPS) is 11.1. The van der Waals surface area contributed by atoms with Crippen LogP contribution in [-0.2, 0) is 11.2 Å². The van der Waals surface area contributed by atoms with Crippen LogP contribution in [0.15, 0.2) is 32.9 Å². The van der Waals surface area contributed by atoms with Crippen molar-refractivity contribution in [2.75, 3.05) is 0 Å². The fraction of sp³-hybridized carbons (Fsp3) is 0.143. The number of carboxylic acid groups (broad SMARTS) is 1. The van der Waals surface area contributed by atoms with Gasteiger partial charge in [-0.3, -0.25) is 9.59 Å². The van der Waals surface area contributed by atoms with E-state index in [0.717, 1.165) is 18.3 Å². The number of aromatic nitrogens is 2. The molecule has 0 atom stereocenters. The Morgan fingerprint density at radius 1 is 1.48 bits per heavy atom. The van der Waals surface area contributed by atoms with Gasteiger partial charge >= 0.3 is 11.7 Å². The molecular formula is C14H11ClFN3O4. The molecule has 0 aliphatic rings. The second-order valence-corrected chi connectivity index (χ2v) is 5.04. The lowest BCUT2D eigenvalue weighted by molar-refractivity contribution is -0.136. The molecule has 0 amide bonds. The summed E-state index contributed by atoms with van der Waals surface area (Å²) in [5.74, 6) is -1.78. The molecule has 7 nitrogen and oxygen atoms in total. The lowest BCUT2D eigenvalue weighted by Crippen LogP contribution is -2.36. The summed E-state index contributed by atoms with van der Waals surface area (Å²) < 4.78 is 13.6. The highest BCUT2D eigenvalue weighted by Gasteiger charge is 2.14. The Hall–Kier alpha value is -2.74. The fourth-order valence-corrected chi connectivity index (χ4v) is 2.03. The van der Waals surface area contributed by atoms with E-state index in [9.17, 15) is 18.8 Å². The zero-order valence-corrected chi connectivity index (χ0v) is 12.6. The van der Waals surface area contributed by atoms with Crippen LogP contribution >= 0.6 is 11.6 Å². The Balaban J connectivity index is 2.54. The highest BCUT2D eigenvalue weighted by atomic mass is 35.5. The van der Waals surface area contributed by atoms with Gasteiger partial charge in [0.05, 0.1) is 12.6 Å². The summed E-state index contributed by atoms with van der Waals surface area (Å²) in [5.41, 5.74) is -1.49. The van der Waals surface area contributed by atoms with E-state index >= 15 is 0 Å². The van der Waals surface area contributed by atoms with Gasteiger partial charge in [-0.05, 0) is 25.1 Å². The molecule has 1 aromatic heterocycles. The Labute approximate surface area is 133 Å². The molecule has 1 aromatic carbocycles. The molecule has 0 saturated carbocycles. The highest BCUT2D eigenvalue weighted by molar-refractivity contribution is 6.33. The van der Waals surface area contributed by atoms with Crippen molar-refractivity contribution in [2.24, 2.45) is 5.10 Å². The molecule has 0 saturated heterocycles. The van der Waals surface area contributed by atoms with Crippen molar-refractivity contribution in [2.45, 2.75) is 13.3 Å². The predicted octanol–water partition coefficient (Wildman–Crippen LogP) is 1.15. The van der Waals surface area contributed by atoms with Gasteiger partial charge in [-0.2, -0.15) is 5.10 Å². The summed E-state index contributed by atoms with van der Waals surface area (Å²) >= 11 is 5.86. The number of rotatable bonds is 4. The van der Waals surface area contributed by atoms with Crippen molar-refractivity contribution in [3.63, 3.8) is 0 Å². The summed E-state index contributed by atoms with van der Waals surface area (Å²) in [6, 6.07) is 3.53. The summed E-state index contributed by atoms with van der Waals surface area (Å²) in [5, 5.41) is 12.7. The zero-order chi connectivity index (χ0) is 17.1. The van der Waals surface area contributed by atoms with Crippen LogP contribution in [0.25, 0.3) is 0 Å². The molecule has 0 radical (unpaired) electrons. The quantitative estimate of drug-likeness (QED) is 0.815. The number of carbonyl (C=O) groups is 1. The number of aliphatic carboxylic acids is 1. The first-order valence-electron chi connectivity index (χ1n) is 6.35. The van der Waals surface area contributed by atoms with Crippen LogP contribution in [0.4, 0.5) is 4.39 Å². The standard InChI is InChI=1S/C14H11ClFN3O4/c1-7-10(5-12(20)21)13(22)19(14(23)18-7)17-6-8-4-9(16)2-3-11(8)15/h2-4,6H,5H2,1H3,(H,18,23)(H,20,21)/b17-6+. The van der Waals surface area contributed by atoms with Gasteiger partial charge in [-0.25, -0.2) is 9.18 Å². The first kappa shape index (κ1) is 16.6. The third-order valence-corrected chi connectivity index (χ3v) is 3.33. The van der Waals surface area contributed by atoms with E-state index in [1.165, 1.54) is 13.0 Å². The minimum Gasteiger partial charge on any atom is -0.481 e. The van der Waals surface area contributed by atoms with E-state index in [0.29, 0.717) is 4.68 Å². The summed E-state index contributed by atoms with van der Waals surface area (Å²) in [7, 11) is 0. The molecule has 0 fully saturated rings. The van der Waals surface area contributed by atoms with Crippen LogP contribution in [0.2, 0.25) is 5.02 Å². The molecule has 2 aromatic rings. The van der Waals surface area contributed by atoms with Gasteiger partial charge in [0.15, 0.2) is 0 Å². The molecular weight excluding hydrogens is 329 g/mol. The lowest BCUT2D eigenvalue weighted by atomic mass is 10.2. The number of aromatic amines is 1. The molecule has 0 aliphatic carbocycles. The van der Waals surface area contributed by atoms with Crippen LogP contribution in [0.5, 0.6) is 0 Å². The van der Waals surface area contributed by atoms with Gasteiger partial charge in [0.1, 0.15) is 5.82 Å². The molecule has 0 spiro atoms. The monoisotopic (exact) mass is 339 g/mol. The smallest absolute Gasteiger partial charge is 0.349 e. The molecule has 0 aliphatic heterocycles. The van der Waals surface area contributed by atoms with E-state index in [-0.39, 0.29) is 21.8 Å². The van der Waals surface area contributed by atoms with Crippen molar-refractivity contribution in [3.05, 3.63) is 66.7 Å². The SMILES string of the molecule is Cc1[nH]c(=O)n(/N=C/c2cc(F)ccc2Cl)c(=O)c1CC(=O)O. The molecule has 9 heteroatoms. The molecule has 1 heterocycles. The lowest BCUT2D eigenvalue weighted by Gasteiger charge is -2.04. The van der Waals surface area contributed by atoms with E-state index in [1.54, 1.807) is 0 Å². The Bertz CT molecular complexity index is 917. The number of nitrogens with one attached hydrogen (secondary N) is 1. The number of hydrogen-bond acceptors (Lipinski definition) is 4. The van der Waals surface area contributed by atoms with E-state index < -0.39 is 29.5 Å². The number of benzene rings is 1. The number of H-pyrrole nitrogens is 1. The van der Waals surface area contributed by atoms with Gasteiger partial charge in [0, 0.05) is 21.8 Å². The molecule has 2 rings (SSSR count). The van der Waals surface area contributed by atoms with Crippen LogP contribution in [0.1, 0.15) is 16.8 Å². The van der Waals surface area contributed by atoms with Gasteiger partial charge < -0.3 is 10.1 Å². The first-order valence-corrected chi connectivity index (χ1v) is 6.73. The molecule has 0 bridgehead atoms. The predicted molar refractivity (Wildman–Crippen MR) is 81.8 cm³/mol. The van der Waals surface area contributed by atoms with Crippen molar-refractivity contribution in [1.82, 2.24) is 9.66 Å². The van der Waals surface area contributed by atoms with E-state index in [4.69, 9.17) is 16.7 Å². The topological polar surface area (TPSA) is 105 Å². The maximum atomic E-state index is 13.2. The average molecular weight is 340 g/mol. The highest BCUT2D eigenvalue weighted by Crippen LogP contribution is 2.14. The number of aryl methyl sites for hydroxylation is 1. The van der Waals surface area contributed by atoms with E-state index in [2.05, 4.69) is 10.1 Å². The van der Waals surface area contributed by atoms with Gasteiger partial charge in [0.25, 0.3) is 5.56 Å². The van der Waals surface area contributed by atoms with Crippen LogP contribution < -0.4 is 11.2 Å². The molecule has 23 heavy (non-hydrogen) atoms. The van der Waals surface area contributed by atoms with Gasteiger partial charge in [0.2, 0.25) is 0 Å². The minimum atomic E-state index is -1.22. The Kier molecular flexibility index (Phi) is 4.75. The zero-order valence-electron chi connectivity index (χ0n) is 11.8. The number of carboxylic acids is 1. The Morgan fingerprint density at radius 2 is 2.17 bits per heavy atom. The van der Waals surface area contributed by atoms with Crippen LogP contribution in [0, 0.1) is 12.7 Å². The number of halogens is 2. The minimum absolute atomic E-state index is 0.0976. The van der Waals surface area contributed by atoms with Crippen molar-refractivity contribution in [1.29, 1.82) is 0 Å². The molecule has 0 unspecified atom stereocenters. The number of hydrogen-bond donors (Lipinski definition) is 2. The number of nitrogens with zero attached hydrogens (tertiary/aromatic N) is 2. The van der Waals surface area contributed by atoms with Crippen molar-refractivity contribution < 1.29 is 14.3 Å². The first-order chi connectivity index (χ1) is 10.8. The summed E-state index contributed by atoms with van der Waals surface area (Å²) in [4.78, 5) is 37.1. The van der Waals surface area contributed by atoms with Crippen LogP contribution in [0.3, 0.4) is 0 Å². The van der Waals surface area contributed by atoms with Gasteiger partial charge in [-0.1, -0.05) is 11.6 Å². The largest absolute Gasteiger partial charge is 0.481 e.